The number of nitrogens with one attached hydrogen (secondary N) is 1. The summed E-state index contributed by atoms with van der Waals surface area (Å²) < 4.78 is 3.34. The molecule has 146 valence electrons. The van der Waals surface area contributed by atoms with Crippen LogP contribution in [0, 0.1) is 12.8 Å². The van der Waals surface area contributed by atoms with Crippen LogP contribution in [0.1, 0.15) is 46.0 Å². The van der Waals surface area contributed by atoms with Crippen molar-refractivity contribution in [2.75, 3.05) is 0 Å². The molecule has 0 aliphatic carbocycles. The van der Waals surface area contributed by atoms with Crippen LogP contribution in [0.5, 0.6) is 0 Å². The molecule has 0 atom stereocenters. The standard InChI is InChI=1S/C20H23N5O3/c1-13(2)12-25-14(3)17(11-22-25)19(26)21-10-15-5-4-6-16(9-15)24-8-7-18(23-24)20(27)28/h4-9,11,13H,10,12H2,1-3H3,(H,21,26)(H,27,28). The van der Waals surface area contributed by atoms with E-state index in [1.165, 1.54) is 10.7 Å². The van der Waals surface area contributed by atoms with Crippen molar-refractivity contribution in [3.63, 3.8) is 0 Å². The Labute approximate surface area is 162 Å². The van der Waals surface area contributed by atoms with E-state index < -0.39 is 5.97 Å². The summed E-state index contributed by atoms with van der Waals surface area (Å²) in [6.45, 7) is 7.21. The Morgan fingerprint density at radius 2 is 2.04 bits per heavy atom. The molecule has 0 saturated heterocycles. The van der Waals surface area contributed by atoms with Crippen molar-refractivity contribution in [1.82, 2.24) is 24.9 Å². The first-order valence-electron chi connectivity index (χ1n) is 9.04. The zero-order valence-electron chi connectivity index (χ0n) is 16.1. The van der Waals surface area contributed by atoms with E-state index in [2.05, 4.69) is 29.4 Å². The highest BCUT2D eigenvalue weighted by Crippen LogP contribution is 2.13. The molecule has 3 aromatic rings. The number of aromatic nitrogens is 4. The Balaban J connectivity index is 1.68. The lowest BCUT2D eigenvalue weighted by atomic mass is 10.2. The minimum absolute atomic E-state index is 0.0207. The summed E-state index contributed by atoms with van der Waals surface area (Å²) in [4.78, 5) is 23.5. The summed E-state index contributed by atoms with van der Waals surface area (Å²) in [6, 6.07) is 8.84. The number of aromatic carboxylic acids is 1. The maximum atomic E-state index is 12.5. The van der Waals surface area contributed by atoms with Crippen LogP contribution in [0.4, 0.5) is 0 Å². The van der Waals surface area contributed by atoms with Gasteiger partial charge in [0.1, 0.15) is 0 Å². The second-order valence-corrected chi connectivity index (χ2v) is 7.02. The lowest BCUT2D eigenvalue weighted by molar-refractivity contribution is 0.0689. The maximum absolute atomic E-state index is 12.5. The molecule has 2 N–H and O–H groups in total. The van der Waals surface area contributed by atoms with Crippen molar-refractivity contribution in [3.8, 4) is 5.69 Å². The predicted molar refractivity (Wildman–Crippen MR) is 103 cm³/mol. The second-order valence-electron chi connectivity index (χ2n) is 7.02. The Kier molecular flexibility index (Phi) is 5.58. The third kappa shape index (κ3) is 4.28. The molecule has 8 heteroatoms. The molecule has 8 nitrogen and oxygen atoms in total. The fourth-order valence-electron chi connectivity index (χ4n) is 2.87. The number of carbonyl (C=O) groups excluding carboxylic acids is 1. The number of rotatable bonds is 7. The lowest BCUT2D eigenvalue weighted by Gasteiger charge is -2.09. The molecular weight excluding hydrogens is 358 g/mol. The topological polar surface area (TPSA) is 102 Å². The number of amides is 1. The van der Waals surface area contributed by atoms with Gasteiger partial charge >= 0.3 is 5.97 Å². The van der Waals surface area contributed by atoms with Crippen molar-refractivity contribution < 1.29 is 14.7 Å². The first-order chi connectivity index (χ1) is 13.3. The van der Waals surface area contributed by atoms with Gasteiger partial charge in [0.25, 0.3) is 5.91 Å². The van der Waals surface area contributed by atoms with E-state index in [0.29, 0.717) is 18.0 Å². The van der Waals surface area contributed by atoms with Gasteiger partial charge in [-0.25, -0.2) is 9.48 Å². The van der Waals surface area contributed by atoms with Gasteiger partial charge in [0.15, 0.2) is 5.69 Å². The van der Waals surface area contributed by atoms with Crippen LogP contribution >= 0.6 is 0 Å². The van der Waals surface area contributed by atoms with Crippen LogP contribution in [0.3, 0.4) is 0 Å². The highest BCUT2D eigenvalue weighted by atomic mass is 16.4. The monoisotopic (exact) mass is 381 g/mol. The van der Waals surface area contributed by atoms with Gasteiger partial charge in [-0.15, -0.1) is 0 Å². The molecule has 0 aliphatic heterocycles. The summed E-state index contributed by atoms with van der Waals surface area (Å²) in [5.41, 5.74) is 2.99. The fraction of sp³-hybridized carbons (Fsp3) is 0.300. The zero-order chi connectivity index (χ0) is 20.3. The molecule has 0 unspecified atom stereocenters. The molecule has 2 heterocycles. The van der Waals surface area contributed by atoms with Gasteiger partial charge in [0.2, 0.25) is 0 Å². The van der Waals surface area contributed by atoms with E-state index in [-0.39, 0.29) is 11.6 Å². The van der Waals surface area contributed by atoms with E-state index in [1.54, 1.807) is 12.4 Å². The van der Waals surface area contributed by atoms with Gasteiger partial charge in [-0.2, -0.15) is 10.2 Å². The number of carboxylic acid groups (broad SMARTS) is 1. The van der Waals surface area contributed by atoms with Crippen molar-refractivity contribution in [2.24, 2.45) is 5.92 Å². The van der Waals surface area contributed by atoms with E-state index >= 15 is 0 Å². The van der Waals surface area contributed by atoms with Crippen molar-refractivity contribution in [1.29, 1.82) is 0 Å². The van der Waals surface area contributed by atoms with E-state index in [9.17, 15) is 9.59 Å². The second kappa shape index (κ2) is 8.08. The van der Waals surface area contributed by atoms with Gasteiger partial charge < -0.3 is 10.4 Å². The first kappa shape index (κ1) is 19.3. The molecule has 1 aromatic carbocycles. The molecule has 0 aliphatic rings. The highest BCUT2D eigenvalue weighted by molar-refractivity contribution is 5.95. The fourth-order valence-corrected chi connectivity index (χ4v) is 2.87. The summed E-state index contributed by atoms with van der Waals surface area (Å²) in [6.07, 6.45) is 3.19. The van der Waals surface area contributed by atoms with Crippen LogP contribution in [0.25, 0.3) is 5.69 Å². The number of hydrogen-bond donors (Lipinski definition) is 2. The molecule has 1 amide bonds. The van der Waals surface area contributed by atoms with Crippen molar-refractivity contribution in [2.45, 2.75) is 33.9 Å². The molecular formula is C20H23N5O3. The Hall–Kier alpha value is -3.42. The maximum Gasteiger partial charge on any atom is 0.356 e. The minimum atomic E-state index is -1.07. The van der Waals surface area contributed by atoms with Crippen LogP contribution in [-0.4, -0.2) is 36.5 Å². The lowest BCUT2D eigenvalue weighted by Crippen LogP contribution is -2.23. The van der Waals surface area contributed by atoms with E-state index in [0.717, 1.165) is 23.5 Å². The summed E-state index contributed by atoms with van der Waals surface area (Å²) in [5, 5.41) is 20.2. The molecule has 0 radical (unpaired) electrons. The van der Waals surface area contributed by atoms with Gasteiger partial charge in [-0.3, -0.25) is 9.48 Å². The molecule has 28 heavy (non-hydrogen) atoms. The molecule has 0 bridgehead atoms. The van der Waals surface area contributed by atoms with Crippen LogP contribution in [0.15, 0.2) is 42.7 Å². The van der Waals surface area contributed by atoms with Crippen molar-refractivity contribution in [3.05, 3.63) is 65.2 Å². The SMILES string of the molecule is Cc1c(C(=O)NCc2cccc(-n3ccc(C(=O)O)n3)c2)cnn1CC(C)C. The third-order valence-electron chi connectivity index (χ3n) is 4.32. The van der Waals surface area contributed by atoms with Crippen LogP contribution < -0.4 is 5.32 Å². The summed E-state index contributed by atoms with van der Waals surface area (Å²) >= 11 is 0. The van der Waals surface area contributed by atoms with Gasteiger partial charge in [0.05, 0.1) is 17.4 Å². The minimum Gasteiger partial charge on any atom is -0.476 e. The smallest absolute Gasteiger partial charge is 0.356 e. The van der Waals surface area contributed by atoms with E-state index in [4.69, 9.17) is 5.11 Å². The number of hydrogen-bond acceptors (Lipinski definition) is 4. The summed E-state index contributed by atoms with van der Waals surface area (Å²) in [5.74, 6) is -0.804. The quantitative estimate of drug-likeness (QED) is 0.655. The molecule has 0 saturated carbocycles. The third-order valence-corrected chi connectivity index (χ3v) is 4.32. The molecule has 0 fully saturated rings. The molecule has 0 spiro atoms. The van der Waals surface area contributed by atoms with Crippen LogP contribution in [0.2, 0.25) is 0 Å². The Bertz CT molecular complexity index is 1000. The Morgan fingerprint density at radius 3 is 2.71 bits per heavy atom. The van der Waals surface area contributed by atoms with E-state index in [1.807, 2.05) is 35.9 Å². The summed E-state index contributed by atoms with van der Waals surface area (Å²) in [7, 11) is 0. The largest absolute Gasteiger partial charge is 0.476 e. The molecule has 3 rings (SSSR count). The van der Waals surface area contributed by atoms with Crippen molar-refractivity contribution >= 4 is 11.9 Å². The zero-order valence-corrected chi connectivity index (χ0v) is 16.1. The number of benzene rings is 1. The predicted octanol–water partition coefficient (Wildman–Crippen LogP) is 2.66. The Morgan fingerprint density at radius 1 is 1.25 bits per heavy atom. The van der Waals surface area contributed by atoms with Crippen LogP contribution in [-0.2, 0) is 13.1 Å². The van der Waals surface area contributed by atoms with Gasteiger partial charge in [-0.05, 0) is 36.6 Å². The highest BCUT2D eigenvalue weighted by Gasteiger charge is 2.15. The van der Waals surface area contributed by atoms with Gasteiger partial charge in [-0.1, -0.05) is 26.0 Å². The molecule has 2 aromatic heterocycles. The first-order valence-corrected chi connectivity index (χ1v) is 9.04. The number of carboxylic acids is 1. The number of nitrogens with zero attached hydrogens (tertiary/aromatic N) is 4. The number of carbonyl (C=O) groups is 2. The van der Waals surface area contributed by atoms with Gasteiger partial charge in [0, 0.05) is 25.0 Å². The normalized spacial score (nSPS) is 11.0. The average molecular weight is 381 g/mol. The average Bonchev–Trinajstić information content (AvgIpc) is 3.28.